The molecule has 2 aromatic carbocycles. The average molecular weight is 402 g/mol. The van der Waals surface area contributed by atoms with Crippen LogP contribution in [0.25, 0.3) is 0 Å². The summed E-state index contributed by atoms with van der Waals surface area (Å²) < 4.78 is 12.9. The topological polar surface area (TPSA) is 78.3 Å². The number of Topliss-reactive ketones (excluding diaryl/α,β-unsaturated/α-hetero) is 1. The van der Waals surface area contributed by atoms with Crippen LogP contribution in [0.2, 0.25) is 0 Å². The summed E-state index contributed by atoms with van der Waals surface area (Å²) in [7, 11) is 3.21. The van der Waals surface area contributed by atoms with Gasteiger partial charge in [-0.25, -0.2) is 4.68 Å². The lowest BCUT2D eigenvalue weighted by Gasteiger charge is -2.35. The average Bonchev–Trinajstić information content (AvgIpc) is 3.25. The third-order valence-corrected chi connectivity index (χ3v) is 5.86. The number of ketones is 1. The van der Waals surface area contributed by atoms with E-state index in [0.29, 0.717) is 29.4 Å². The molecule has 5 rings (SSSR count). The van der Waals surface area contributed by atoms with Crippen LogP contribution in [0.15, 0.2) is 66.1 Å². The molecule has 2 aliphatic rings. The molecule has 3 aromatic rings. The molecule has 7 nitrogen and oxygen atoms in total. The number of para-hydroxylation sites is 1. The molecule has 1 N–H and O–H groups in total. The van der Waals surface area contributed by atoms with Crippen LogP contribution in [-0.4, -0.2) is 34.8 Å². The molecule has 1 aliphatic carbocycles. The van der Waals surface area contributed by atoms with Gasteiger partial charge in [-0.05, 0) is 24.0 Å². The van der Waals surface area contributed by atoms with E-state index >= 15 is 0 Å². The van der Waals surface area contributed by atoms with Gasteiger partial charge in [0.2, 0.25) is 5.95 Å². The molecule has 0 saturated heterocycles. The Hall–Kier alpha value is -3.61. The van der Waals surface area contributed by atoms with Crippen LogP contribution in [-0.2, 0) is 4.79 Å². The zero-order valence-corrected chi connectivity index (χ0v) is 16.8. The Bertz CT molecular complexity index is 1140. The number of fused-ring (bicyclic) bond motifs is 1. The SMILES string of the molecule is COc1cccc([C@@H]2C3=C(C[C@H](c4ccccc4)CC3=O)Nc3ncnn32)c1OC. The summed E-state index contributed by atoms with van der Waals surface area (Å²) in [6.07, 6.45) is 2.69. The first-order valence-electron chi connectivity index (χ1n) is 9.90. The van der Waals surface area contributed by atoms with E-state index in [-0.39, 0.29) is 11.7 Å². The molecule has 0 bridgehead atoms. The molecule has 0 spiro atoms. The predicted molar refractivity (Wildman–Crippen MR) is 112 cm³/mol. The van der Waals surface area contributed by atoms with Gasteiger partial charge >= 0.3 is 0 Å². The second-order valence-corrected chi connectivity index (χ2v) is 7.47. The Morgan fingerprint density at radius 2 is 1.87 bits per heavy atom. The van der Waals surface area contributed by atoms with E-state index in [4.69, 9.17) is 9.47 Å². The smallest absolute Gasteiger partial charge is 0.226 e. The first-order valence-corrected chi connectivity index (χ1v) is 9.90. The molecule has 2 atom stereocenters. The second-order valence-electron chi connectivity index (χ2n) is 7.47. The Kier molecular flexibility index (Phi) is 4.50. The quantitative estimate of drug-likeness (QED) is 0.717. The fourth-order valence-electron chi connectivity index (χ4n) is 4.53. The number of methoxy groups -OCH3 is 2. The van der Waals surface area contributed by atoms with Gasteiger partial charge in [0.1, 0.15) is 12.4 Å². The van der Waals surface area contributed by atoms with E-state index < -0.39 is 6.04 Å². The van der Waals surface area contributed by atoms with Crippen molar-refractivity contribution in [1.82, 2.24) is 14.8 Å². The van der Waals surface area contributed by atoms with E-state index in [2.05, 4.69) is 27.5 Å². The molecule has 1 aliphatic heterocycles. The summed E-state index contributed by atoms with van der Waals surface area (Å²) in [6.45, 7) is 0. The molecule has 2 heterocycles. The summed E-state index contributed by atoms with van der Waals surface area (Å²) in [4.78, 5) is 17.8. The molecule has 0 amide bonds. The van der Waals surface area contributed by atoms with E-state index in [1.165, 1.54) is 11.9 Å². The van der Waals surface area contributed by atoms with Crippen molar-refractivity contribution in [3.8, 4) is 11.5 Å². The summed E-state index contributed by atoms with van der Waals surface area (Å²) in [5.41, 5.74) is 3.60. The summed E-state index contributed by atoms with van der Waals surface area (Å²) in [5, 5.41) is 7.76. The maximum absolute atomic E-state index is 13.5. The molecule has 0 saturated carbocycles. The fourth-order valence-corrected chi connectivity index (χ4v) is 4.53. The van der Waals surface area contributed by atoms with Gasteiger partial charge in [0.05, 0.1) is 14.2 Å². The molecule has 7 heteroatoms. The normalized spacial score (nSPS) is 20.3. The van der Waals surface area contributed by atoms with E-state index in [0.717, 1.165) is 17.7 Å². The fraction of sp³-hybridized carbons (Fsp3) is 0.261. The number of benzene rings is 2. The molecule has 0 radical (unpaired) electrons. The zero-order chi connectivity index (χ0) is 20.7. The highest BCUT2D eigenvalue weighted by molar-refractivity contribution is 6.00. The third-order valence-electron chi connectivity index (χ3n) is 5.86. The largest absolute Gasteiger partial charge is 0.493 e. The number of hydrogen-bond acceptors (Lipinski definition) is 6. The van der Waals surface area contributed by atoms with Crippen LogP contribution < -0.4 is 14.8 Å². The second kappa shape index (κ2) is 7.33. The minimum atomic E-state index is -0.423. The minimum Gasteiger partial charge on any atom is -0.493 e. The monoisotopic (exact) mass is 402 g/mol. The molecule has 1 aromatic heterocycles. The maximum Gasteiger partial charge on any atom is 0.226 e. The number of nitrogens with zero attached hydrogens (tertiary/aromatic N) is 3. The lowest BCUT2D eigenvalue weighted by atomic mass is 9.78. The van der Waals surface area contributed by atoms with Gasteiger partial charge in [-0.15, -0.1) is 0 Å². The standard InChI is InChI=1S/C23H22N4O3/c1-29-19-10-6-9-16(22(19)30-2)21-20-17(26-23-24-13-25-27(21)23)11-15(12-18(20)28)14-7-4-3-5-8-14/h3-10,13,15,21H,11-12H2,1-2H3,(H,24,25,26)/t15-,21+/m0/s1. The van der Waals surface area contributed by atoms with Gasteiger partial charge < -0.3 is 14.8 Å². The van der Waals surface area contributed by atoms with Crippen LogP contribution in [0.3, 0.4) is 0 Å². The van der Waals surface area contributed by atoms with Gasteiger partial charge in [0.15, 0.2) is 17.3 Å². The van der Waals surface area contributed by atoms with Crippen LogP contribution in [0.4, 0.5) is 5.95 Å². The third kappa shape index (κ3) is 2.85. The van der Waals surface area contributed by atoms with Gasteiger partial charge in [-0.3, -0.25) is 4.79 Å². The van der Waals surface area contributed by atoms with Crippen molar-refractivity contribution in [2.75, 3.05) is 19.5 Å². The molecule has 0 unspecified atom stereocenters. The Labute approximate surface area is 174 Å². The van der Waals surface area contributed by atoms with Crippen LogP contribution >= 0.6 is 0 Å². The van der Waals surface area contributed by atoms with Gasteiger partial charge in [-0.1, -0.05) is 42.5 Å². The van der Waals surface area contributed by atoms with Gasteiger partial charge in [0, 0.05) is 23.3 Å². The van der Waals surface area contributed by atoms with Crippen LogP contribution in [0.1, 0.15) is 35.9 Å². The highest BCUT2D eigenvalue weighted by Gasteiger charge is 2.40. The summed E-state index contributed by atoms with van der Waals surface area (Å²) >= 11 is 0. The number of carbonyl (C=O) groups is 1. The number of anilines is 1. The van der Waals surface area contributed by atoms with Crippen molar-refractivity contribution >= 4 is 11.7 Å². The Morgan fingerprint density at radius 3 is 2.63 bits per heavy atom. The number of carbonyl (C=O) groups excluding carboxylic acids is 1. The summed E-state index contributed by atoms with van der Waals surface area (Å²) in [6, 6.07) is 15.4. The van der Waals surface area contributed by atoms with Gasteiger partial charge in [0.25, 0.3) is 0 Å². The molecule has 0 fully saturated rings. The van der Waals surface area contributed by atoms with E-state index in [1.54, 1.807) is 18.9 Å². The van der Waals surface area contributed by atoms with E-state index in [9.17, 15) is 4.79 Å². The number of rotatable bonds is 4. The van der Waals surface area contributed by atoms with Crippen molar-refractivity contribution in [2.24, 2.45) is 0 Å². The Balaban J connectivity index is 1.65. The van der Waals surface area contributed by atoms with Crippen molar-refractivity contribution in [2.45, 2.75) is 24.8 Å². The van der Waals surface area contributed by atoms with Crippen molar-refractivity contribution < 1.29 is 14.3 Å². The number of hydrogen-bond donors (Lipinski definition) is 1. The van der Waals surface area contributed by atoms with Crippen molar-refractivity contribution in [3.63, 3.8) is 0 Å². The number of aromatic nitrogens is 3. The summed E-state index contributed by atoms with van der Waals surface area (Å²) in [5.74, 6) is 2.06. The van der Waals surface area contributed by atoms with E-state index in [1.807, 2.05) is 36.4 Å². The number of nitrogens with one attached hydrogen (secondary N) is 1. The zero-order valence-electron chi connectivity index (χ0n) is 16.8. The molecule has 152 valence electrons. The minimum absolute atomic E-state index is 0.105. The Morgan fingerprint density at radius 1 is 1.03 bits per heavy atom. The number of ether oxygens (including phenoxy) is 2. The first kappa shape index (κ1) is 18.4. The maximum atomic E-state index is 13.5. The van der Waals surface area contributed by atoms with Crippen molar-refractivity contribution in [3.05, 3.63) is 77.3 Å². The highest BCUT2D eigenvalue weighted by Crippen LogP contribution is 2.47. The lowest BCUT2D eigenvalue weighted by Crippen LogP contribution is -2.33. The number of allylic oxidation sites excluding steroid dienone is 2. The molecular formula is C23H22N4O3. The predicted octanol–water partition coefficient (Wildman–Crippen LogP) is 3.71. The molecule has 30 heavy (non-hydrogen) atoms. The first-order chi connectivity index (χ1) is 14.7. The van der Waals surface area contributed by atoms with Crippen LogP contribution in [0.5, 0.6) is 11.5 Å². The van der Waals surface area contributed by atoms with Crippen molar-refractivity contribution in [1.29, 1.82) is 0 Å². The van der Waals surface area contributed by atoms with Crippen LogP contribution in [0, 0.1) is 0 Å². The van der Waals surface area contributed by atoms with Gasteiger partial charge in [-0.2, -0.15) is 10.1 Å². The lowest BCUT2D eigenvalue weighted by molar-refractivity contribution is -0.116. The molecular weight excluding hydrogens is 380 g/mol. The highest BCUT2D eigenvalue weighted by atomic mass is 16.5.